The van der Waals surface area contributed by atoms with Crippen molar-refractivity contribution in [2.24, 2.45) is 0 Å². The van der Waals surface area contributed by atoms with E-state index in [1.165, 1.54) is 29.4 Å². The highest BCUT2D eigenvalue weighted by Crippen LogP contribution is 2.45. The molecule has 1 aliphatic carbocycles. The third-order valence-electron chi connectivity index (χ3n) is 7.91. The van der Waals surface area contributed by atoms with E-state index in [9.17, 15) is 8.42 Å². The molecule has 2 atom stereocenters. The van der Waals surface area contributed by atoms with E-state index in [4.69, 9.17) is 0 Å². The summed E-state index contributed by atoms with van der Waals surface area (Å²) < 4.78 is 64.6. The fourth-order valence-electron chi connectivity index (χ4n) is 5.78. The number of hydrogen-bond acceptors (Lipinski definition) is 7. The summed E-state index contributed by atoms with van der Waals surface area (Å²) in [5.41, 5.74) is -1.01. The van der Waals surface area contributed by atoms with Crippen molar-refractivity contribution < 1.29 is 17.2 Å². The fourth-order valence-corrected chi connectivity index (χ4v) is 7.18. The number of nitrogens with zero attached hydrogens (tertiary/aromatic N) is 6. The number of allylic oxidation sites excluding steroid dienone is 1. The predicted octanol–water partition coefficient (Wildman–Crippen LogP) is 3.84. The molecule has 9 nitrogen and oxygen atoms in total. The van der Waals surface area contributed by atoms with Crippen LogP contribution in [0.3, 0.4) is 0 Å². The van der Waals surface area contributed by atoms with Gasteiger partial charge in [0, 0.05) is 62.1 Å². The molecule has 214 valence electrons. The van der Waals surface area contributed by atoms with Gasteiger partial charge in [-0.1, -0.05) is 13.8 Å². The Morgan fingerprint density at radius 1 is 1.18 bits per heavy atom. The number of piperidine rings is 1. The molecule has 1 saturated heterocycles. The lowest BCUT2D eigenvalue weighted by Crippen LogP contribution is -2.58. The van der Waals surface area contributed by atoms with Gasteiger partial charge in [-0.25, -0.2) is 27.2 Å². The number of likely N-dealkylation sites (N-methyl/N-ethyl adjacent to an activating group) is 1. The van der Waals surface area contributed by atoms with Gasteiger partial charge in [-0.05, 0) is 50.1 Å². The lowest BCUT2D eigenvalue weighted by atomic mass is 9.86. The van der Waals surface area contributed by atoms with E-state index in [0.29, 0.717) is 17.5 Å². The van der Waals surface area contributed by atoms with Crippen molar-refractivity contribution in [3.05, 3.63) is 72.5 Å². The molecule has 2 aliphatic rings. The minimum atomic E-state index is -4.00. The zero-order chi connectivity index (χ0) is 28.5. The Morgan fingerprint density at radius 2 is 1.90 bits per heavy atom. The quantitative estimate of drug-likeness (QED) is 0.417. The number of halogens is 2. The maximum absolute atomic E-state index is 17.2. The molecule has 5 rings (SSSR count). The van der Waals surface area contributed by atoms with Crippen molar-refractivity contribution in [1.29, 1.82) is 0 Å². The number of nitrogens with one attached hydrogen (secondary N) is 1. The summed E-state index contributed by atoms with van der Waals surface area (Å²) in [6, 6.07) is 5.11. The van der Waals surface area contributed by atoms with Gasteiger partial charge in [0.05, 0.1) is 22.5 Å². The second-order valence-corrected chi connectivity index (χ2v) is 12.2. The summed E-state index contributed by atoms with van der Waals surface area (Å²) in [5, 5.41) is 0. The molecule has 0 saturated carbocycles. The highest BCUT2D eigenvalue weighted by molar-refractivity contribution is 7.89. The lowest BCUT2D eigenvalue weighted by Gasteiger charge is -2.44. The maximum atomic E-state index is 17.2. The smallest absolute Gasteiger partial charge is 0.213 e. The van der Waals surface area contributed by atoms with Crippen LogP contribution in [0, 0.1) is 0 Å². The van der Waals surface area contributed by atoms with Crippen LogP contribution in [0.15, 0.2) is 66.9 Å². The second-order valence-electron chi connectivity index (χ2n) is 10.4. The summed E-state index contributed by atoms with van der Waals surface area (Å²) >= 11 is 0. The Hall–Kier alpha value is -3.22. The summed E-state index contributed by atoms with van der Waals surface area (Å²) in [7, 11) is -2.21. The number of sulfonamides is 1. The summed E-state index contributed by atoms with van der Waals surface area (Å²) in [6.45, 7) is 6.50. The number of likely N-dealkylation sites (tertiary alicyclic amines) is 1. The number of pyridine rings is 1. The maximum Gasteiger partial charge on any atom is 0.213 e. The van der Waals surface area contributed by atoms with Crippen molar-refractivity contribution in [1.82, 2.24) is 34.0 Å². The van der Waals surface area contributed by atoms with Crippen LogP contribution in [-0.2, 0) is 15.7 Å². The molecule has 0 bridgehead atoms. The highest BCUT2D eigenvalue weighted by Gasteiger charge is 2.51. The van der Waals surface area contributed by atoms with Gasteiger partial charge in [0.2, 0.25) is 10.0 Å². The normalized spacial score (nSPS) is 23.0. The largest absolute Gasteiger partial charge is 0.369 e. The van der Waals surface area contributed by atoms with Crippen molar-refractivity contribution >= 4 is 26.6 Å². The first kappa shape index (κ1) is 28.3. The topological polar surface area (TPSA) is 96.2 Å². The van der Waals surface area contributed by atoms with Crippen LogP contribution in [0.5, 0.6) is 0 Å². The minimum Gasteiger partial charge on any atom is -0.369 e. The number of alkyl halides is 1. The van der Waals surface area contributed by atoms with E-state index in [1.807, 2.05) is 4.90 Å². The molecule has 0 amide bonds. The molecule has 1 fully saturated rings. The monoisotopic (exact) mass is 571 g/mol. The summed E-state index contributed by atoms with van der Waals surface area (Å²) in [5.74, 6) is -0.980. The average Bonchev–Trinajstić information content (AvgIpc) is 3.40. The first-order valence-electron chi connectivity index (χ1n) is 13.6. The van der Waals surface area contributed by atoms with Gasteiger partial charge in [-0.15, -0.1) is 0 Å². The van der Waals surface area contributed by atoms with Crippen LogP contribution in [0.1, 0.15) is 38.7 Å². The van der Waals surface area contributed by atoms with E-state index >= 15 is 8.78 Å². The van der Waals surface area contributed by atoms with Crippen molar-refractivity contribution in [2.75, 3.05) is 32.4 Å². The minimum absolute atomic E-state index is 0.0164. The molecule has 12 heteroatoms. The van der Waals surface area contributed by atoms with Crippen LogP contribution in [-0.4, -0.2) is 82.4 Å². The number of rotatable bonds is 9. The van der Waals surface area contributed by atoms with Gasteiger partial charge in [0.15, 0.2) is 17.7 Å². The number of hydrogen-bond donors (Lipinski definition) is 1. The van der Waals surface area contributed by atoms with Gasteiger partial charge in [0.1, 0.15) is 6.33 Å². The molecular weight excluding hydrogens is 536 g/mol. The van der Waals surface area contributed by atoms with E-state index in [0.717, 1.165) is 32.5 Å². The fraction of sp³-hybridized carbons (Fsp3) is 0.464. The van der Waals surface area contributed by atoms with Crippen LogP contribution >= 0.6 is 0 Å². The molecule has 3 aromatic rings. The Kier molecular flexibility index (Phi) is 8.03. The zero-order valence-corrected chi connectivity index (χ0v) is 23.8. The molecular formula is C28H35F2N7O2S. The van der Waals surface area contributed by atoms with Gasteiger partial charge in [-0.2, -0.15) is 4.72 Å². The van der Waals surface area contributed by atoms with Gasteiger partial charge >= 0.3 is 0 Å². The van der Waals surface area contributed by atoms with Crippen LogP contribution in [0.2, 0.25) is 0 Å². The standard InChI is InChI=1S/C28H35F2N7O2S/c1-4-15-40(38,39)34-28(37-14-10-22-23(37)7-6-11-33-22)16-24(35(3)21-8-12-36(5-2)13-9-21)26(29)25(27(28)30)20-17-31-19-32-18-20/h6-7,10-11,14,16-19,21,27,34H,4-5,8-9,12-13,15H2,1-3H3. The Labute approximate surface area is 233 Å². The lowest BCUT2D eigenvalue weighted by molar-refractivity contribution is 0.144. The van der Waals surface area contributed by atoms with Gasteiger partial charge in [0.25, 0.3) is 0 Å². The van der Waals surface area contributed by atoms with Gasteiger partial charge < -0.3 is 14.4 Å². The van der Waals surface area contributed by atoms with Crippen LogP contribution in [0.4, 0.5) is 8.78 Å². The zero-order valence-electron chi connectivity index (χ0n) is 23.0. The van der Waals surface area contributed by atoms with Crippen LogP contribution < -0.4 is 4.72 Å². The third kappa shape index (κ3) is 5.15. The molecule has 4 heterocycles. The molecule has 1 N–H and O–H groups in total. The molecule has 3 aromatic heterocycles. The predicted molar refractivity (Wildman–Crippen MR) is 151 cm³/mol. The Morgan fingerprint density at radius 3 is 2.58 bits per heavy atom. The van der Waals surface area contributed by atoms with Crippen molar-refractivity contribution in [2.45, 2.75) is 51.0 Å². The molecule has 1 aliphatic heterocycles. The highest BCUT2D eigenvalue weighted by atomic mass is 32.2. The first-order valence-corrected chi connectivity index (χ1v) is 15.3. The average molecular weight is 572 g/mol. The molecule has 0 aromatic carbocycles. The summed E-state index contributed by atoms with van der Waals surface area (Å²) in [4.78, 5) is 16.5. The van der Waals surface area contributed by atoms with E-state index in [2.05, 4.69) is 31.5 Å². The Bertz CT molecular complexity index is 1520. The van der Waals surface area contributed by atoms with E-state index in [1.54, 1.807) is 44.6 Å². The van der Waals surface area contributed by atoms with E-state index in [-0.39, 0.29) is 28.6 Å². The van der Waals surface area contributed by atoms with Crippen LogP contribution in [0.25, 0.3) is 16.6 Å². The third-order valence-corrected chi connectivity index (χ3v) is 9.49. The first-order chi connectivity index (χ1) is 19.2. The number of aromatic nitrogens is 4. The summed E-state index contributed by atoms with van der Waals surface area (Å²) in [6.07, 6.45) is 8.33. The molecule has 2 unspecified atom stereocenters. The SMILES string of the molecule is CCCS(=O)(=O)NC1(n2ccc3ncccc32)C=C(N(C)C2CCN(CC)CC2)C(F)=C(c2cncnc2)C1F. The Balaban J connectivity index is 1.74. The van der Waals surface area contributed by atoms with Gasteiger partial charge in [-0.3, -0.25) is 4.98 Å². The van der Waals surface area contributed by atoms with Crippen molar-refractivity contribution in [3.63, 3.8) is 0 Å². The molecule has 0 spiro atoms. The number of fused-ring (bicyclic) bond motifs is 1. The second kappa shape index (κ2) is 11.3. The van der Waals surface area contributed by atoms with Crippen molar-refractivity contribution in [3.8, 4) is 0 Å². The molecule has 40 heavy (non-hydrogen) atoms. The van der Waals surface area contributed by atoms with E-state index < -0.39 is 27.7 Å². The molecule has 0 radical (unpaired) electrons.